The molecule has 0 fully saturated rings. The summed E-state index contributed by atoms with van der Waals surface area (Å²) in [5, 5.41) is 0. The van der Waals surface area contributed by atoms with E-state index >= 15 is 0 Å². The molecule has 0 aliphatic carbocycles. The van der Waals surface area contributed by atoms with Crippen molar-refractivity contribution in [3.8, 4) is 0 Å². The highest BCUT2D eigenvalue weighted by molar-refractivity contribution is 5.78. The average Bonchev–Trinajstić information content (AvgIpc) is 2.50. The molecule has 3 nitrogen and oxygen atoms in total. The van der Waals surface area contributed by atoms with Crippen LogP contribution >= 0.6 is 0 Å². The molecule has 1 unspecified atom stereocenters. The monoisotopic (exact) mass is 312 g/mol. The Balaban J connectivity index is 3.47. The zero-order chi connectivity index (χ0) is 16.5. The summed E-state index contributed by atoms with van der Waals surface area (Å²) in [7, 11) is 0. The van der Waals surface area contributed by atoms with Gasteiger partial charge in [0.25, 0.3) is 0 Å². The lowest BCUT2D eigenvalue weighted by Crippen LogP contribution is -2.11. The fourth-order valence-electron chi connectivity index (χ4n) is 3.04. The fourth-order valence-corrected chi connectivity index (χ4v) is 3.04. The zero-order valence-corrected chi connectivity index (χ0v) is 15.0. The summed E-state index contributed by atoms with van der Waals surface area (Å²) in [5.41, 5.74) is 11.0. The second-order valence-corrected chi connectivity index (χ2v) is 6.70. The molecule has 0 aliphatic rings. The third-order valence-corrected chi connectivity index (χ3v) is 4.59. The van der Waals surface area contributed by atoms with Crippen LogP contribution in [0.25, 0.3) is 0 Å². The molecule has 0 heterocycles. The van der Waals surface area contributed by atoms with E-state index in [-0.39, 0.29) is 0 Å². The Hall–Kier alpha value is -0.410. The van der Waals surface area contributed by atoms with Gasteiger partial charge in [-0.15, -0.1) is 0 Å². The molecule has 0 spiro atoms. The smallest absolute Gasteiger partial charge is 0.132 e. The van der Waals surface area contributed by atoms with E-state index in [9.17, 15) is 4.79 Å². The minimum absolute atomic E-state index is 0.308. The van der Waals surface area contributed by atoms with Crippen LogP contribution in [0.4, 0.5) is 0 Å². The fraction of sp³-hybridized carbons (Fsp3) is 0.947. The number of rotatable bonds is 17. The normalized spacial score (nSPS) is 12.5. The highest BCUT2D eigenvalue weighted by atomic mass is 16.1. The lowest BCUT2D eigenvalue weighted by molar-refractivity contribution is -0.121. The van der Waals surface area contributed by atoms with E-state index in [1.54, 1.807) is 6.92 Å². The van der Waals surface area contributed by atoms with E-state index < -0.39 is 0 Å². The van der Waals surface area contributed by atoms with Crippen LogP contribution in [0.5, 0.6) is 0 Å². The standard InChI is InChI=1S/C19H40N2O/c1-18(22)19(15-11-7-9-13-17-21)14-10-6-4-2-3-5-8-12-16-20/h19H,2-17,20-21H2,1H3. The van der Waals surface area contributed by atoms with Gasteiger partial charge in [0.1, 0.15) is 5.78 Å². The van der Waals surface area contributed by atoms with E-state index in [1.165, 1.54) is 70.6 Å². The molecule has 1 atom stereocenters. The molecular formula is C19H40N2O. The van der Waals surface area contributed by atoms with E-state index in [2.05, 4.69) is 0 Å². The van der Waals surface area contributed by atoms with Crippen molar-refractivity contribution in [2.24, 2.45) is 17.4 Å². The quantitative estimate of drug-likeness (QED) is 0.386. The van der Waals surface area contributed by atoms with Gasteiger partial charge in [-0.2, -0.15) is 0 Å². The van der Waals surface area contributed by atoms with Crippen LogP contribution in [0.15, 0.2) is 0 Å². The zero-order valence-electron chi connectivity index (χ0n) is 15.0. The van der Waals surface area contributed by atoms with E-state index in [4.69, 9.17) is 11.5 Å². The number of nitrogens with two attached hydrogens (primary N) is 2. The molecular weight excluding hydrogens is 272 g/mol. The summed E-state index contributed by atoms with van der Waals surface area (Å²) in [6, 6.07) is 0. The van der Waals surface area contributed by atoms with Crippen molar-refractivity contribution in [3.63, 3.8) is 0 Å². The number of carbonyl (C=O) groups excluding carboxylic acids is 1. The van der Waals surface area contributed by atoms with Gasteiger partial charge in [0, 0.05) is 5.92 Å². The summed E-state index contributed by atoms with van der Waals surface area (Å²) < 4.78 is 0. The molecule has 0 saturated carbocycles. The number of hydrogen-bond acceptors (Lipinski definition) is 3. The van der Waals surface area contributed by atoms with Gasteiger partial charge in [0.15, 0.2) is 0 Å². The maximum atomic E-state index is 11.7. The summed E-state index contributed by atoms with van der Waals surface area (Å²) in [5.74, 6) is 0.697. The van der Waals surface area contributed by atoms with Crippen molar-refractivity contribution in [2.75, 3.05) is 13.1 Å². The first kappa shape index (κ1) is 21.6. The Morgan fingerprint density at radius 2 is 0.955 bits per heavy atom. The number of unbranched alkanes of at least 4 members (excludes halogenated alkanes) is 10. The Bertz CT molecular complexity index is 244. The second kappa shape index (κ2) is 17.0. The number of hydrogen-bond donors (Lipinski definition) is 2. The molecule has 0 radical (unpaired) electrons. The van der Waals surface area contributed by atoms with Crippen molar-refractivity contribution < 1.29 is 4.79 Å². The van der Waals surface area contributed by atoms with Gasteiger partial charge in [-0.3, -0.25) is 4.79 Å². The molecule has 0 saturated heterocycles. The molecule has 3 heteroatoms. The number of Topliss-reactive ketones (excluding diaryl/α,β-unsaturated/α-hetero) is 1. The Morgan fingerprint density at radius 1 is 0.636 bits per heavy atom. The third-order valence-electron chi connectivity index (χ3n) is 4.59. The first-order chi connectivity index (χ1) is 10.7. The highest BCUT2D eigenvalue weighted by Gasteiger charge is 2.13. The molecule has 0 aliphatic heterocycles. The van der Waals surface area contributed by atoms with Crippen LogP contribution in [0.2, 0.25) is 0 Å². The van der Waals surface area contributed by atoms with Gasteiger partial charge < -0.3 is 11.5 Å². The lowest BCUT2D eigenvalue weighted by Gasteiger charge is -2.13. The van der Waals surface area contributed by atoms with Crippen LogP contribution in [-0.4, -0.2) is 18.9 Å². The van der Waals surface area contributed by atoms with Crippen molar-refractivity contribution in [1.29, 1.82) is 0 Å². The van der Waals surface area contributed by atoms with Crippen LogP contribution in [-0.2, 0) is 4.79 Å². The summed E-state index contributed by atoms with van der Waals surface area (Å²) >= 11 is 0. The summed E-state index contributed by atoms with van der Waals surface area (Å²) in [6.07, 6.45) is 17.2. The molecule has 0 aromatic heterocycles. The third kappa shape index (κ3) is 14.5. The number of carbonyl (C=O) groups is 1. The van der Waals surface area contributed by atoms with E-state index in [0.29, 0.717) is 11.7 Å². The predicted octanol–water partition coefficient (Wildman–Crippen LogP) is 4.57. The topological polar surface area (TPSA) is 69.1 Å². The maximum absolute atomic E-state index is 11.7. The molecule has 0 aromatic carbocycles. The predicted molar refractivity (Wildman–Crippen MR) is 96.9 cm³/mol. The van der Waals surface area contributed by atoms with Crippen LogP contribution < -0.4 is 11.5 Å². The highest BCUT2D eigenvalue weighted by Crippen LogP contribution is 2.19. The minimum atomic E-state index is 0.308. The summed E-state index contributed by atoms with van der Waals surface area (Å²) in [4.78, 5) is 11.7. The molecule has 0 aromatic rings. The first-order valence-corrected chi connectivity index (χ1v) is 9.63. The average molecular weight is 313 g/mol. The van der Waals surface area contributed by atoms with E-state index in [1.807, 2.05) is 0 Å². The molecule has 132 valence electrons. The largest absolute Gasteiger partial charge is 0.330 e. The van der Waals surface area contributed by atoms with Gasteiger partial charge in [-0.05, 0) is 45.7 Å². The van der Waals surface area contributed by atoms with Crippen LogP contribution in [0, 0.1) is 5.92 Å². The summed E-state index contributed by atoms with van der Waals surface area (Å²) in [6.45, 7) is 3.39. The van der Waals surface area contributed by atoms with Gasteiger partial charge in [0.2, 0.25) is 0 Å². The Kier molecular flexibility index (Phi) is 16.6. The van der Waals surface area contributed by atoms with Crippen molar-refractivity contribution in [3.05, 3.63) is 0 Å². The maximum Gasteiger partial charge on any atom is 0.132 e. The number of ketones is 1. The van der Waals surface area contributed by atoms with Gasteiger partial charge in [0.05, 0.1) is 0 Å². The molecule has 22 heavy (non-hydrogen) atoms. The lowest BCUT2D eigenvalue weighted by atomic mass is 9.91. The second-order valence-electron chi connectivity index (χ2n) is 6.70. The molecule has 0 bridgehead atoms. The van der Waals surface area contributed by atoms with Crippen LogP contribution in [0.3, 0.4) is 0 Å². The van der Waals surface area contributed by atoms with Crippen molar-refractivity contribution in [1.82, 2.24) is 0 Å². The van der Waals surface area contributed by atoms with Gasteiger partial charge in [-0.1, -0.05) is 64.2 Å². The van der Waals surface area contributed by atoms with Gasteiger partial charge in [-0.25, -0.2) is 0 Å². The van der Waals surface area contributed by atoms with E-state index in [0.717, 1.165) is 32.4 Å². The SMILES string of the molecule is CC(=O)C(CCCCCCN)CCCCCCCCCCN. The molecule has 0 amide bonds. The van der Waals surface area contributed by atoms with Crippen molar-refractivity contribution in [2.45, 2.75) is 96.8 Å². The van der Waals surface area contributed by atoms with Crippen LogP contribution in [0.1, 0.15) is 96.8 Å². The van der Waals surface area contributed by atoms with Crippen molar-refractivity contribution >= 4 is 5.78 Å². The minimum Gasteiger partial charge on any atom is -0.330 e. The Morgan fingerprint density at radius 3 is 1.27 bits per heavy atom. The Labute approximate surface area is 138 Å². The first-order valence-electron chi connectivity index (χ1n) is 9.63. The molecule has 0 rings (SSSR count). The van der Waals surface area contributed by atoms with Gasteiger partial charge >= 0.3 is 0 Å². The molecule has 4 N–H and O–H groups in total.